The van der Waals surface area contributed by atoms with Gasteiger partial charge in [-0.25, -0.2) is 4.98 Å². The van der Waals surface area contributed by atoms with Crippen molar-refractivity contribution in [3.8, 4) is 0 Å². The molecule has 2 aromatic carbocycles. The quantitative estimate of drug-likeness (QED) is 0.224. The Morgan fingerprint density at radius 2 is 1.85 bits per heavy atom. The molecule has 0 aliphatic rings. The summed E-state index contributed by atoms with van der Waals surface area (Å²) in [7, 11) is 1.68. The molecule has 3 N–H and O–H groups in total. The Hall–Kier alpha value is -3.48. The zero-order chi connectivity index (χ0) is 22.9. The average Bonchev–Trinajstić information content (AvgIpc) is 3.30. The number of nitrogens with one attached hydrogen (secondary N) is 3. The van der Waals surface area contributed by atoms with Gasteiger partial charge in [-0.05, 0) is 36.2 Å². The molecule has 170 valence electrons. The van der Waals surface area contributed by atoms with E-state index in [4.69, 9.17) is 4.74 Å². The van der Waals surface area contributed by atoms with Gasteiger partial charge in [0, 0.05) is 49.1 Å². The molecule has 2 aromatic heterocycles. The van der Waals surface area contributed by atoms with Crippen LogP contribution < -0.4 is 10.6 Å². The Labute approximate surface area is 194 Å². The van der Waals surface area contributed by atoms with E-state index in [9.17, 15) is 4.79 Å². The number of aromatic nitrogens is 2. The van der Waals surface area contributed by atoms with Gasteiger partial charge in [-0.15, -0.1) is 0 Å². The van der Waals surface area contributed by atoms with Crippen LogP contribution >= 0.6 is 0 Å². The number of ether oxygens (including phenoxy) is 1. The zero-order valence-corrected chi connectivity index (χ0v) is 18.9. The van der Waals surface area contributed by atoms with E-state index in [-0.39, 0.29) is 11.7 Å². The van der Waals surface area contributed by atoms with E-state index in [1.54, 1.807) is 7.11 Å². The summed E-state index contributed by atoms with van der Waals surface area (Å²) in [5.41, 5.74) is 3.89. The first-order chi connectivity index (χ1) is 16.3. The first-order valence-corrected chi connectivity index (χ1v) is 11.3. The number of Topliss-reactive ketones (excluding diaryl/α,β-unsaturated/α-hetero) is 1. The fourth-order valence-corrected chi connectivity index (χ4v) is 3.95. The van der Waals surface area contributed by atoms with Crippen molar-refractivity contribution >= 4 is 22.5 Å². The van der Waals surface area contributed by atoms with E-state index < -0.39 is 0 Å². The predicted octanol–water partition coefficient (Wildman–Crippen LogP) is 4.42. The van der Waals surface area contributed by atoms with Gasteiger partial charge in [-0.1, -0.05) is 54.6 Å². The van der Waals surface area contributed by atoms with Crippen LogP contribution in [0.2, 0.25) is 0 Å². The molecule has 0 fully saturated rings. The van der Waals surface area contributed by atoms with Gasteiger partial charge in [0.25, 0.3) is 0 Å². The number of ketones is 1. The number of rotatable bonds is 12. The van der Waals surface area contributed by atoms with E-state index in [2.05, 4.69) is 26.7 Å². The normalized spacial score (nSPS) is 12.0. The minimum Gasteiger partial charge on any atom is -0.383 e. The Morgan fingerprint density at radius 1 is 1.03 bits per heavy atom. The summed E-state index contributed by atoms with van der Waals surface area (Å²) in [6.07, 6.45) is 4.56. The van der Waals surface area contributed by atoms with Crippen LogP contribution in [0.4, 0.5) is 5.82 Å². The third kappa shape index (κ3) is 5.86. The summed E-state index contributed by atoms with van der Waals surface area (Å²) in [4.78, 5) is 21.2. The van der Waals surface area contributed by atoms with Crippen LogP contribution in [0, 0.1) is 0 Å². The van der Waals surface area contributed by atoms with E-state index in [1.165, 1.54) is 0 Å². The summed E-state index contributed by atoms with van der Waals surface area (Å²) in [5.74, 6) is 0.715. The van der Waals surface area contributed by atoms with E-state index in [1.807, 2.05) is 73.1 Å². The number of hydrogen-bond donors (Lipinski definition) is 3. The number of benzene rings is 2. The largest absolute Gasteiger partial charge is 0.383 e. The van der Waals surface area contributed by atoms with Crippen molar-refractivity contribution in [2.24, 2.45) is 0 Å². The maximum atomic E-state index is 13.5. The molecule has 1 unspecified atom stereocenters. The SMILES string of the molecule is COCCNc1ccc(CCNCC(C(=O)c2c[nH]c3ccccc23)c2ccccc2)cn1. The van der Waals surface area contributed by atoms with Crippen molar-refractivity contribution in [3.63, 3.8) is 0 Å². The highest BCUT2D eigenvalue weighted by atomic mass is 16.5. The van der Waals surface area contributed by atoms with Crippen LogP contribution in [0.1, 0.15) is 27.4 Å². The summed E-state index contributed by atoms with van der Waals surface area (Å²) in [5, 5.41) is 7.68. The molecule has 0 bridgehead atoms. The number of carbonyl (C=O) groups is 1. The molecule has 0 aliphatic carbocycles. The Balaban J connectivity index is 1.38. The van der Waals surface area contributed by atoms with E-state index in [0.29, 0.717) is 13.2 Å². The fourth-order valence-electron chi connectivity index (χ4n) is 3.95. The number of nitrogens with zero attached hydrogens (tertiary/aromatic N) is 1. The van der Waals surface area contributed by atoms with Gasteiger partial charge < -0.3 is 20.4 Å². The summed E-state index contributed by atoms with van der Waals surface area (Å²) >= 11 is 0. The molecule has 0 saturated carbocycles. The van der Waals surface area contributed by atoms with Crippen molar-refractivity contribution < 1.29 is 9.53 Å². The molecule has 6 heteroatoms. The molecule has 0 radical (unpaired) electrons. The van der Waals surface area contributed by atoms with Crippen molar-refractivity contribution in [1.82, 2.24) is 15.3 Å². The Morgan fingerprint density at radius 3 is 2.64 bits per heavy atom. The molecule has 0 amide bonds. The minimum atomic E-state index is -0.254. The molecule has 33 heavy (non-hydrogen) atoms. The number of pyridine rings is 1. The highest BCUT2D eigenvalue weighted by Crippen LogP contribution is 2.26. The Kier molecular flexibility index (Phi) is 7.85. The number of H-pyrrole nitrogens is 1. The monoisotopic (exact) mass is 442 g/mol. The number of aromatic amines is 1. The molecular formula is C27H30N4O2. The minimum absolute atomic E-state index is 0.124. The first-order valence-electron chi connectivity index (χ1n) is 11.3. The van der Waals surface area contributed by atoms with Gasteiger partial charge in [0.2, 0.25) is 0 Å². The number of carbonyl (C=O) groups excluding carboxylic acids is 1. The standard InChI is InChI=1S/C27H30N4O2/c1-33-16-15-29-26-12-11-20(17-31-26)13-14-28-18-23(21-7-3-2-4-8-21)27(32)24-19-30-25-10-6-5-9-22(24)25/h2-12,17,19,23,28,30H,13-16,18H2,1H3,(H,29,31). The highest BCUT2D eigenvalue weighted by Gasteiger charge is 2.24. The lowest BCUT2D eigenvalue weighted by atomic mass is 9.90. The van der Waals surface area contributed by atoms with Gasteiger partial charge >= 0.3 is 0 Å². The lowest BCUT2D eigenvalue weighted by molar-refractivity contribution is 0.0960. The molecule has 0 aliphatic heterocycles. The van der Waals surface area contributed by atoms with Crippen molar-refractivity contribution in [2.45, 2.75) is 12.3 Å². The molecule has 4 aromatic rings. The molecule has 4 rings (SSSR count). The van der Waals surface area contributed by atoms with Crippen LogP contribution in [-0.4, -0.2) is 49.1 Å². The molecular weight excluding hydrogens is 412 g/mol. The van der Waals surface area contributed by atoms with Gasteiger partial charge in [-0.3, -0.25) is 4.79 Å². The van der Waals surface area contributed by atoms with Crippen molar-refractivity contribution in [3.05, 3.63) is 95.8 Å². The predicted molar refractivity (Wildman–Crippen MR) is 133 cm³/mol. The molecule has 0 spiro atoms. The second kappa shape index (κ2) is 11.4. The van der Waals surface area contributed by atoms with Crippen LogP contribution in [-0.2, 0) is 11.2 Å². The lowest BCUT2D eigenvalue weighted by Crippen LogP contribution is -2.28. The average molecular weight is 443 g/mol. The second-order valence-electron chi connectivity index (χ2n) is 8.00. The van der Waals surface area contributed by atoms with Crippen molar-refractivity contribution in [1.29, 1.82) is 0 Å². The molecule has 6 nitrogen and oxygen atoms in total. The fraction of sp³-hybridized carbons (Fsp3) is 0.259. The molecule has 0 saturated heterocycles. The number of para-hydroxylation sites is 1. The van der Waals surface area contributed by atoms with Gasteiger partial charge in [0.05, 0.1) is 12.5 Å². The highest BCUT2D eigenvalue weighted by molar-refractivity contribution is 6.10. The second-order valence-corrected chi connectivity index (χ2v) is 8.00. The van der Waals surface area contributed by atoms with Crippen LogP contribution in [0.25, 0.3) is 10.9 Å². The van der Waals surface area contributed by atoms with Crippen LogP contribution in [0.15, 0.2) is 79.1 Å². The first kappa shape index (κ1) is 22.7. The number of hydrogen-bond acceptors (Lipinski definition) is 5. The van der Waals surface area contributed by atoms with E-state index in [0.717, 1.165) is 52.9 Å². The maximum absolute atomic E-state index is 13.5. The number of anilines is 1. The molecule has 2 heterocycles. The third-order valence-corrected chi connectivity index (χ3v) is 5.75. The van der Waals surface area contributed by atoms with Gasteiger partial charge in [-0.2, -0.15) is 0 Å². The van der Waals surface area contributed by atoms with Crippen molar-refractivity contribution in [2.75, 3.05) is 38.7 Å². The number of methoxy groups -OCH3 is 1. The summed E-state index contributed by atoms with van der Waals surface area (Å²) < 4.78 is 5.04. The van der Waals surface area contributed by atoms with Gasteiger partial charge in [0.15, 0.2) is 5.78 Å². The van der Waals surface area contributed by atoms with Crippen LogP contribution in [0.5, 0.6) is 0 Å². The lowest BCUT2D eigenvalue weighted by Gasteiger charge is -2.17. The Bertz CT molecular complexity index is 1160. The summed E-state index contributed by atoms with van der Waals surface area (Å²) in [6.45, 7) is 2.72. The van der Waals surface area contributed by atoms with Crippen LogP contribution in [0.3, 0.4) is 0 Å². The smallest absolute Gasteiger partial charge is 0.173 e. The van der Waals surface area contributed by atoms with Gasteiger partial charge in [0.1, 0.15) is 5.82 Å². The topological polar surface area (TPSA) is 79.0 Å². The maximum Gasteiger partial charge on any atom is 0.173 e. The number of fused-ring (bicyclic) bond motifs is 1. The molecule has 1 atom stereocenters. The van der Waals surface area contributed by atoms with E-state index >= 15 is 0 Å². The third-order valence-electron chi connectivity index (χ3n) is 5.75. The zero-order valence-electron chi connectivity index (χ0n) is 18.9. The summed E-state index contributed by atoms with van der Waals surface area (Å²) in [6, 6.07) is 22.0.